The molecule has 0 bridgehead atoms. The topological polar surface area (TPSA) is 55.6 Å². The van der Waals surface area contributed by atoms with Crippen molar-refractivity contribution in [2.45, 2.75) is 6.42 Å². The maximum Gasteiger partial charge on any atom is 0.271 e. The first-order valence-corrected chi connectivity index (χ1v) is 9.76. The van der Waals surface area contributed by atoms with Crippen LogP contribution in [0.15, 0.2) is 67.0 Å². The number of nitrogens with one attached hydrogen (secondary N) is 1. The molecule has 1 N–H and O–H groups in total. The summed E-state index contributed by atoms with van der Waals surface area (Å²) in [6.45, 7) is 0.498. The fraction of sp³-hybridized carbons (Fsp3) is 0.130. The molecule has 2 aromatic heterocycles. The second-order valence-corrected chi connectivity index (χ2v) is 7.20. The van der Waals surface area contributed by atoms with Crippen molar-refractivity contribution in [2.75, 3.05) is 13.7 Å². The van der Waals surface area contributed by atoms with Crippen LogP contribution < -0.4 is 10.1 Å². The summed E-state index contributed by atoms with van der Waals surface area (Å²) in [6.07, 6.45) is 4.21. The predicted molar refractivity (Wildman–Crippen MR) is 115 cm³/mol. The molecular formula is C23H19ClFN3O2. The third-order valence-corrected chi connectivity index (χ3v) is 5.08. The van der Waals surface area contributed by atoms with E-state index in [1.807, 2.05) is 36.5 Å². The summed E-state index contributed by atoms with van der Waals surface area (Å²) in [5, 5.41) is 2.96. The molecule has 4 rings (SSSR count). The number of hydrogen-bond donors (Lipinski definition) is 1. The van der Waals surface area contributed by atoms with Crippen molar-refractivity contribution >= 4 is 23.2 Å². The number of nitrogens with zero attached hydrogens (tertiary/aromatic N) is 2. The zero-order valence-electron chi connectivity index (χ0n) is 16.2. The Morgan fingerprint density at radius 3 is 2.60 bits per heavy atom. The first-order chi connectivity index (χ1) is 14.5. The van der Waals surface area contributed by atoms with E-state index in [2.05, 4.69) is 10.3 Å². The minimum absolute atomic E-state index is 0.0650. The molecule has 0 spiro atoms. The average molecular weight is 424 g/mol. The monoisotopic (exact) mass is 423 g/mol. The van der Waals surface area contributed by atoms with E-state index in [4.69, 9.17) is 16.3 Å². The molecule has 0 atom stereocenters. The molecule has 0 unspecified atom stereocenters. The lowest BCUT2D eigenvalue weighted by molar-refractivity contribution is 0.0949. The van der Waals surface area contributed by atoms with Crippen LogP contribution in [0, 0.1) is 5.82 Å². The van der Waals surface area contributed by atoms with E-state index >= 15 is 0 Å². The van der Waals surface area contributed by atoms with Crippen LogP contribution >= 0.6 is 11.6 Å². The van der Waals surface area contributed by atoms with Crippen LogP contribution in [0.3, 0.4) is 0 Å². The second-order valence-electron chi connectivity index (χ2n) is 6.79. The van der Waals surface area contributed by atoms with Crippen LogP contribution in [0.5, 0.6) is 5.75 Å². The van der Waals surface area contributed by atoms with Gasteiger partial charge < -0.3 is 14.5 Å². The predicted octanol–water partition coefficient (Wildman–Crippen LogP) is 4.77. The van der Waals surface area contributed by atoms with E-state index in [1.165, 1.54) is 6.07 Å². The van der Waals surface area contributed by atoms with Gasteiger partial charge in [-0.2, -0.15) is 0 Å². The average Bonchev–Trinajstić information content (AvgIpc) is 3.19. The van der Waals surface area contributed by atoms with E-state index in [-0.39, 0.29) is 10.9 Å². The molecular weight excluding hydrogens is 405 g/mol. The molecule has 0 aliphatic carbocycles. The van der Waals surface area contributed by atoms with Gasteiger partial charge in [0.25, 0.3) is 5.91 Å². The normalized spacial score (nSPS) is 10.9. The van der Waals surface area contributed by atoms with E-state index in [0.29, 0.717) is 24.3 Å². The van der Waals surface area contributed by atoms with Gasteiger partial charge in [-0.05, 0) is 59.5 Å². The summed E-state index contributed by atoms with van der Waals surface area (Å²) >= 11 is 5.88. The van der Waals surface area contributed by atoms with Crippen LogP contribution in [-0.2, 0) is 6.42 Å². The highest BCUT2D eigenvalue weighted by molar-refractivity contribution is 6.31. The number of fused-ring (bicyclic) bond motifs is 1. The van der Waals surface area contributed by atoms with Gasteiger partial charge in [-0.15, -0.1) is 0 Å². The van der Waals surface area contributed by atoms with Gasteiger partial charge in [0.2, 0.25) is 0 Å². The van der Waals surface area contributed by atoms with Crippen molar-refractivity contribution in [1.29, 1.82) is 0 Å². The fourth-order valence-corrected chi connectivity index (χ4v) is 3.33. The van der Waals surface area contributed by atoms with E-state index in [1.54, 1.807) is 35.9 Å². The number of carbonyl (C=O) groups is 1. The Balaban J connectivity index is 1.44. The van der Waals surface area contributed by atoms with Crippen LogP contribution in [0.1, 0.15) is 16.1 Å². The van der Waals surface area contributed by atoms with Gasteiger partial charge in [0.15, 0.2) is 0 Å². The molecule has 152 valence electrons. The lowest BCUT2D eigenvalue weighted by Gasteiger charge is -2.05. The molecule has 0 saturated heterocycles. The molecule has 30 heavy (non-hydrogen) atoms. The van der Waals surface area contributed by atoms with Gasteiger partial charge in [0, 0.05) is 18.9 Å². The molecule has 1 amide bonds. The highest BCUT2D eigenvalue weighted by Crippen LogP contribution is 2.25. The van der Waals surface area contributed by atoms with E-state index in [0.717, 1.165) is 22.4 Å². The number of ether oxygens (including phenoxy) is 1. The molecule has 0 aliphatic heterocycles. The van der Waals surface area contributed by atoms with E-state index in [9.17, 15) is 9.18 Å². The first-order valence-electron chi connectivity index (χ1n) is 9.39. The van der Waals surface area contributed by atoms with Crippen molar-refractivity contribution in [3.05, 3.63) is 89.1 Å². The number of carbonyl (C=O) groups excluding carboxylic acids is 1. The van der Waals surface area contributed by atoms with Crippen LogP contribution in [0.25, 0.3) is 16.8 Å². The van der Waals surface area contributed by atoms with Gasteiger partial charge in [0.1, 0.15) is 22.9 Å². The quantitative estimate of drug-likeness (QED) is 0.485. The fourth-order valence-electron chi connectivity index (χ4n) is 3.15. The third kappa shape index (κ3) is 4.28. The van der Waals surface area contributed by atoms with Crippen molar-refractivity contribution in [3.63, 3.8) is 0 Å². The Labute approximate surface area is 178 Å². The van der Waals surface area contributed by atoms with Crippen molar-refractivity contribution < 1.29 is 13.9 Å². The molecule has 5 nitrogen and oxygen atoms in total. The Morgan fingerprint density at radius 1 is 1.10 bits per heavy atom. The molecule has 0 radical (unpaired) electrons. The number of hydrogen-bond acceptors (Lipinski definition) is 3. The number of aromatic nitrogens is 2. The Bertz CT molecular complexity index is 1210. The van der Waals surface area contributed by atoms with Gasteiger partial charge >= 0.3 is 0 Å². The second kappa shape index (κ2) is 8.55. The highest BCUT2D eigenvalue weighted by Gasteiger charge is 2.11. The summed E-state index contributed by atoms with van der Waals surface area (Å²) in [4.78, 5) is 16.9. The molecule has 7 heteroatoms. The number of rotatable bonds is 6. The molecule has 0 fully saturated rings. The number of halogens is 2. The van der Waals surface area contributed by atoms with Gasteiger partial charge in [-0.1, -0.05) is 29.8 Å². The lowest BCUT2D eigenvalue weighted by Crippen LogP contribution is -2.25. The van der Waals surface area contributed by atoms with Crippen LogP contribution in [0.4, 0.5) is 4.39 Å². The van der Waals surface area contributed by atoms with Gasteiger partial charge in [-0.25, -0.2) is 9.37 Å². The minimum Gasteiger partial charge on any atom is -0.497 e. The molecule has 0 aliphatic rings. The maximum absolute atomic E-state index is 13.4. The van der Waals surface area contributed by atoms with Crippen LogP contribution in [0.2, 0.25) is 5.02 Å². The number of benzene rings is 2. The molecule has 2 aromatic carbocycles. The van der Waals surface area contributed by atoms with Crippen molar-refractivity contribution in [2.24, 2.45) is 0 Å². The summed E-state index contributed by atoms with van der Waals surface area (Å²) in [7, 11) is 1.63. The minimum atomic E-state index is -0.460. The number of amides is 1. The summed E-state index contributed by atoms with van der Waals surface area (Å²) in [5.74, 6) is 0.103. The zero-order valence-corrected chi connectivity index (χ0v) is 17.0. The molecule has 4 aromatic rings. The van der Waals surface area contributed by atoms with Crippen LogP contribution in [-0.4, -0.2) is 28.9 Å². The van der Waals surface area contributed by atoms with E-state index < -0.39 is 5.82 Å². The summed E-state index contributed by atoms with van der Waals surface area (Å²) in [6, 6.07) is 16.0. The summed E-state index contributed by atoms with van der Waals surface area (Å²) in [5.41, 5.74) is 3.70. The third-order valence-electron chi connectivity index (χ3n) is 4.79. The smallest absolute Gasteiger partial charge is 0.271 e. The molecule has 0 saturated carbocycles. The lowest BCUT2D eigenvalue weighted by atomic mass is 10.1. The largest absolute Gasteiger partial charge is 0.497 e. The van der Waals surface area contributed by atoms with Gasteiger partial charge in [0.05, 0.1) is 12.1 Å². The van der Waals surface area contributed by atoms with Gasteiger partial charge in [-0.3, -0.25) is 4.79 Å². The zero-order chi connectivity index (χ0) is 21.1. The number of imidazole rings is 1. The highest BCUT2D eigenvalue weighted by atomic mass is 35.5. The maximum atomic E-state index is 13.4. The number of methoxy groups -OCH3 is 1. The van der Waals surface area contributed by atoms with Crippen molar-refractivity contribution in [3.8, 4) is 16.9 Å². The SMILES string of the molecule is COc1ccc(CCNC(=O)c2cn3cc(-c4ccc(F)c(Cl)c4)ccc3n2)cc1. The Kier molecular flexibility index (Phi) is 5.68. The van der Waals surface area contributed by atoms with Crippen molar-refractivity contribution in [1.82, 2.24) is 14.7 Å². The standard InChI is InChI=1S/C23H19ClFN3O2/c1-30-18-6-2-15(3-7-18)10-11-26-23(29)21-14-28-13-17(5-9-22(28)27-21)16-4-8-20(25)19(24)12-16/h2-9,12-14H,10-11H2,1H3,(H,26,29). The summed E-state index contributed by atoms with van der Waals surface area (Å²) < 4.78 is 20.3. The first kappa shape index (κ1) is 19.9. The Hall–Kier alpha value is -3.38. The Morgan fingerprint density at radius 2 is 1.87 bits per heavy atom. The molecule has 2 heterocycles. The number of pyridine rings is 1.